The number of benzene rings is 9. The van der Waals surface area contributed by atoms with Gasteiger partial charge in [-0.2, -0.15) is 0 Å². The average Bonchev–Trinajstić information content (AvgIpc) is 3.56. The van der Waals surface area contributed by atoms with E-state index in [9.17, 15) is 0 Å². The Balaban J connectivity index is 0.825. The molecule has 0 radical (unpaired) electrons. The number of aromatic nitrogens is 6. The highest BCUT2D eigenvalue weighted by molar-refractivity contribution is 5.87. The molecule has 4 heterocycles. The summed E-state index contributed by atoms with van der Waals surface area (Å²) in [7, 11) is 0. The maximum absolute atomic E-state index is 5.38. The van der Waals surface area contributed by atoms with Crippen LogP contribution in [0, 0.1) is 0 Å². The zero-order valence-electron chi connectivity index (χ0n) is 41.1. The third-order valence-electron chi connectivity index (χ3n) is 15.3. The molecule has 4 aromatic heterocycles. The van der Waals surface area contributed by atoms with Crippen LogP contribution in [0.4, 0.5) is 0 Å². The van der Waals surface area contributed by atoms with E-state index in [2.05, 4.69) is 228 Å². The third kappa shape index (κ3) is 7.57. The molecule has 2 atom stereocenters. The fraction of sp³-hybridized carbons (Fsp3) is 0.0286. The molecule has 2 bridgehead atoms. The summed E-state index contributed by atoms with van der Waals surface area (Å²) in [5.74, 6) is 1.43. The van der Waals surface area contributed by atoms with E-state index in [-0.39, 0.29) is 11.8 Å². The van der Waals surface area contributed by atoms with E-state index in [0.717, 1.165) is 100 Å². The van der Waals surface area contributed by atoms with Gasteiger partial charge in [-0.15, -0.1) is 0 Å². The lowest BCUT2D eigenvalue weighted by molar-refractivity contribution is 0.754. The molecule has 13 aromatic rings. The molecule has 0 spiro atoms. The molecular weight excluding hydrogens is 925 g/mol. The summed E-state index contributed by atoms with van der Waals surface area (Å²) >= 11 is 0. The number of hydrogen-bond acceptors (Lipinski definition) is 6. The SMILES string of the molecule is c1ccc(-c2cc(-c3cccc(-c4ccc5ncccc5c4)c3)nc(-c3ccc4c(c3)C3c5ccccc5C4c4cc(-c5nc(-c6ccccc6)cc(-c6cccc(-c7ccc8ncccc8c7)c6)n5)ccc43)n2)cc1. The molecule has 3 aliphatic rings. The van der Waals surface area contributed by atoms with Gasteiger partial charge in [-0.1, -0.05) is 170 Å². The molecule has 16 rings (SSSR count). The van der Waals surface area contributed by atoms with Gasteiger partial charge in [0, 0.05) is 68.4 Å². The van der Waals surface area contributed by atoms with Crippen LogP contribution in [0.3, 0.4) is 0 Å². The second kappa shape index (κ2) is 17.9. The lowest BCUT2D eigenvalue weighted by atomic mass is 9.61. The van der Waals surface area contributed by atoms with E-state index in [1.54, 1.807) is 0 Å². The predicted octanol–water partition coefficient (Wildman–Crippen LogP) is 16.7. The minimum absolute atomic E-state index is 0.0200. The Kier molecular flexibility index (Phi) is 10.2. The molecule has 6 heteroatoms. The molecule has 0 saturated heterocycles. The van der Waals surface area contributed by atoms with Crippen molar-refractivity contribution in [1.82, 2.24) is 29.9 Å². The molecule has 0 saturated carbocycles. The summed E-state index contributed by atoms with van der Waals surface area (Å²) in [6.45, 7) is 0. The largest absolute Gasteiger partial charge is 0.256 e. The van der Waals surface area contributed by atoms with Gasteiger partial charge >= 0.3 is 0 Å². The molecule has 0 amide bonds. The number of pyridine rings is 2. The van der Waals surface area contributed by atoms with Gasteiger partial charge in [0.25, 0.3) is 0 Å². The van der Waals surface area contributed by atoms with Crippen LogP contribution >= 0.6 is 0 Å². The topological polar surface area (TPSA) is 77.3 Å². The minimum Gasteiger partial charge on any atom is -0.256 e. The molecule has 354 valence electrons. The number of rotatable bonds is 8. The van der Waals surface area contributed by atoms with Crippen molar-refractivity contribution >= 4 is 21.8 Å². The Labute approximate surface area is 439 Å². The van der Waals surface area contributed by atoms with Crippen molar-refractivity contribution in [2.24, 2.45) is 0 Å². The maximum Gasteiger partial charge on any atom is 0.160 e. The lowest BCUT2D eigenvalue weighted by Gasteiger charge is -2.42. The molecular formula is C70H44N6. The normalized spacial score (nSPS) is 14.1. The van der Waals surface area contributed by atoms with E-state index in [0.29, 0.717) is 11.6 Å². The molecule has 9 aromatic carbocycles. The smallest absolute Gasteiger partial charge is 0.160 e. The lowest BCUT2D eigenvalue weighted by Crippen LogP contribution is -2.27. The second-order valence-electron chi connectivity index (χ2n) is 19.8. The Morgan fingerprint density at radius 3 is 1.05 bits per heavy atom. The Morgan fingerprint density at radius 1 is 0.224 bits per heavy atom. The fourth-order valence-electron chi connectivity index (χ4n) is 11.7. The van der Waals surface area contributed by atoms with Crippen LogP contribution in [0.2, 0.25) is 0 Å². The van der Waals surface area contributed by atoms with Gasteiger partial charge in [-0.05, 0) is 128 Å². The summed E-state index contributed by atoms with van der Waals surface area (Å²) in [4.78, 5) is 30.5. The van der Waals surface area contributed by atoms with Crippen molar-refractivity contribution < 1.29 is 0 Å². The zero-order valence-corrected chi connectivity index (χ0v) is 41.1. The van der Waals surface area contributed by atoms with Crippen molar-refractivity contribution in [3.8, 4) is 90.1 Å². The van der Waals surface area contributed by atoms with Gasteiger partial charge < -0.3 is 0 Å². The molecule has 6 nitrogen and oxygen atoms in total. The van der Waals surface area contributed by atoms with E-state index < -0.39 is 0 Å². The quantitative estimate of drug-likeness (QED) is 0.151. The summed E-state index contributed by atoms with van der Waals surface area (Å²) in [5.41, 5.74) is 23.9. The van der Waals surface area contributed by atoms with Gasteiger partial charge in [0.05, 0.1) is 33.8 Å². The monoisotopic (exact) mass is 968 g/mol. The third-order valence-corrected chi connectivity index (χ3v) is 15.3. The van der Waals surface area contributed by atoms with Crippen molar-refractivity contribution in [3.63, 3.8) is 0 Å². The molecule has 0 N–H and O–H groups in total. The maximum atomic E-state index is 5.38. The van der Waals surface area contributed by atoms with Gasteiger partial charge in [0.15, 0.2) is 11.6 Å². The molecule has 3 aliphatic carbocycles. The average molecular weight is 969 g/mol. The Morgan fingerprint density at radius 2 is 0.592 bits per heavy atom. The van der Waals surface area contributed by atoms with Gasteiger partial charge in [0.2, 0.25) is 0 Å². The highest BCUT2D eigenvalue weighted by atomic mass is 14.9. The number of hydrogen-bond donors (Lipinski definition) is 0. The van der Waals surface area contributed by atoms with Crippen molar-refractivity contribution in [1.29, 1.82) is 0 Å². The minimum atomic E-state index is 0.0200. The molecule has 0 aliphatic heterocycles. The van der Waals surface area contributed by atoms with E-state index in [1.165, 1.54) is 33.4 Å². The first-order valence-electron chi connectivity index (χ1n) is 25.8. The van der Waals surface area contributed by atoms with Crippen molar-refractivity contribution in [2.45, 2.75) is 11.8 Å². The van der Waals surface area contributed by atoms with E-state index >= 15 is 0 Å². The fourth-order valence-corrected chi connectivity index (χ4v) is 11.7. The molecule has 0 fully saturated rings. The van der Waals surface area contributed by atoms with Crippen LogP contribution in [-0.2, 0) is 0 Å². The first kappa shape index (κ1) is 43.5. The standard InChI is InChI=1S/C70H44N6/c1-3-13-43(14-4-1)63-41-65(51-19-9-17-45(35-51)47-27-31-61-49(37-47)21-11-33-71-61)75-69(73-63)53-25-29-57-59(39-53)67-55-23-7-8-24-56(55)68(57)60-40-54(26-30-58(60)67)70-74-64(44-15-5-2-6-16-44)42-66(76-70)52-20-10-18-46(36-52)48-28-32-62-50(38-48)22-12-34-72-62/h1-42,67-68H. The number of fused-ring (bicyclic) bond motifs is 2. The Bertz CT molecular complexity index is 4150. The number of nitrogens with zero attached hydrogens (tertiary/aromatic N) is 6. The van der Waals surface area contributed by atoms with Crippen LogP contribution < -0.4 is 0 Å². The van der Waals surface area contributed by atoms with Crippen LogP contribution in [0.15, 0.2) is 255 Å². The summed E-state index contributed by atoms with van der Waals surface area (Å²) in [5, 5.41) is 2.22. The summed E-state index contributed by atoms with van der Waals surface area (Å²) < 4.78 is 0. The van der Waals surface area contributed by atoms with E-state index in [1.807, 2.05) is 36.7 Å². The first-order valence-corrected chi connectivity index (χ1v) is 25.8. The Hall–Kier alpha value is -10.0. The summed E-state index contributed by atoms with van der Waals surface area (Å²) in [6.07, 6.45) is 3.68. The second-order valence-corrected chi connectivity index (χ2v) is 19.8. The highest BCUT2D eigenvalue weighted by Crippen LogP contribution is 2.56. The van der Waals surface area contributed by atoms with Gasteiger partial charge in [-0.25, -0.2) is 19.9 Å². The van der Waals surface area contributed by atoms with Crippen LogP contribution in [-0.4, -0.2) is 29.9 Å². The van der Waals surface area contributed by atoms with Crippen molar-refractivity contribution in [2.75, 3.05) is 0 Å². The first-order chi connectivity index (χ1) is 37.6. The van der Waals surface area contributed by atoms with Crippen LogP contribution in [0.1, 0.15) is 45.2 Å². The van der Waals surface area contributed by atoms with Gasteiger partial charge in [0.1, 0.15) is 0 Å². The molecule has 2 unspecified atom stereocenters. The van der Waals surface area contributed by atoms with Crippen LogP contribution in [0.5, 0.6) is 0 Å². The highest BCUT2D eigenvalue weighted by Gasteiger charge is 2.41. The zero-order chi connectivity index (χ0) is 50.1. The van der Waals surface area contributed by atoms with Crippen molar-refractivity contribution in [3.05, 3.63) is 288 Å². The summed E-state index contributed by atoms with van der Waals surface area (Å²) in [6, 6.07) is 86.3. The predicted molar refractivity (Wildman–Crippen MR) is 306 cm³/mol. The molecule has 76 heavy (non-hydrogen) atoms. The van der Waals surface area contributed by atoms with Crippen LogP contribution in [0.25, 0.3) is 112 Å². The van der Waals surface area contributed by atoms with Gasteiger partial charge in [-0.3, -0.25) is 9.97 Å². The van der Waals surface area contributed by atoms with E-state index in [4.69, 9.17) is 19.9 Å².